The number of rotatable bonds is 2. The van der Waals surface area contributed by atoms with Crippen LogP contribution >= 0.6 is 0 Å². The standard InChI is InChI=1S/C15H16N2O3/c1-9-12-6-3-7-13(15(19)20)14(12)17(16-9)10-4-2-5-11(18)8-10/h2,4-5,8,13,18H,3,6-7H2,1H3,(H,19,20). The van der Waals surface area contributed by atoms with E-state index in [2.05, 4.69) is 5.10 Å². The van der Waals surface area contributed by atoms with E-state index in [1.54, 1.807) is 22.9 Å². The topological polar surface area (TPSA) is 75.3 Å². The fraction of sp³-hybridized carbons (Fsp3) is 0.333. The lowest BCUT2D eigenvalue weighted by atomic mass is 9.86. The summed E-state index contributed by atoms with van der Waals surface area (Å²) in [6.45, 7) is 1.91. The van der Waals surface area contributed by atoms with Crippen LogP contribution in [0.2, 0.25) is 0 Å². The van der Waals surface area contributed by atoms with Gasteiger partial charge in [-0.15, -0.1) is 0 Å². The van der Waals surface area contributed by atoms with Gasteiger partial charge in [-0.2, -0.15) is 5.10 Å². The van der Waals surface area contributed by atoms with Crippen LogP contribution in [0.4, 0.5) is 0 Å². The molecule has 1 atom stereocenters. The molecule has 0 saturated carbocycles. The number of aryl methyl sites for hydroxylation is 1. The van der Waals surface area contributed by atoms with Crippen LogP contribution in [0.15, 0.2) is 24.3 Å². The smallest absolute Gasteiger partial charge is 0.312 e. The molecule has 3 rings (SSSR count). The van der Waals surface area contributed by atoms with Crippen molar-refractivity contribution in [3.8, 4) is 11.4 Å². The van der Waals surface area contributed by atoms with Crippen molar-refractivity contribution in [1.82, 2.24) is 9.78 Å². The van der Waals surface area contributed by atoms with E-state index < -0.39 is 11.9 Å². The number of hydrogen-bond acceptors (Lipinski definition) is 3. The van der Waals surface area contributed by atoms with Crippen molar-refractivity contribution in [2.75, 3.05) is 0 Å². The third-order valence-corrected chi connectivity index (χ3v) is 3.85. The minimum Gasteiger partial charge on any atom is -0.508 e. The number of aromatic nitrogens is 2. The molecule has 0 aliphatic heterocycles. The average molecular weight is 272 g/mol. The largest absolute Gasteiger partial charge is 0.508 e. The van der Waals surface area contributed by atoms with Gasteiger partial charge in [-0.25, -0.2) is 4.68 Å². The molecule has 1 aliphatic rings. The van der Waals surface area contributed by atoms with Gasteiger partial charge < -0.3 is 10.2 Å². The van der Waals surface area contributed by atoms with Crippen LogP contribution in [0.3, 0.4) is 0 Å². The van der Waals surface area contributed by atoms with Gasteiger partial charge in [0.2, 0.25) is 0 Å². The molecule has 5 nitrogen and oxygen atoms in total. The Morgan fingerprint density at radius 1 is 1.45 bits per heavy atom. The van der Waals surface area contributed by atoms with E-state index >= 15 is 0 Å². The van der Waals surface area contributed by atoms with Gasteiger partial charge in [0.15, 0.2) is 0 Å². The molecule has 1 aliphatic carbocycles. The Hall–Kier alpha value is -2.30. The van der Waals surface area contributed by atoms with Gasteiger partial charge in [0.05, 0.1) is 23.0 Å². The third-order valence-electron chi connectivity index (χ3n) is 3.85. The van der Waals surface area contributed by atoms with Gasteiger partial charge >= 0.3 is 5.97 Å². The summed E-state index contributed by atoms with van der Waals surface area (Å²) in [6.07, 6.45) is 2.37. The highest BCUT2D eigenvalue weighted by atomic mass is 16.4. The zero-order chi connectivity index (χ0) is 14.3. The predicted molar refractivity (Wildman–Crippen MR) is 73.3 cm³/mol. The summed E-state index contributed by atoms with van der Waals surface area (Å²) in [5, 5.41) is 23.5. The maximum atomic E-state index is 11.5. The lowest BCUT2D eigenvalue weighted by molar-refractivity contribution is -0.139. The van der Waals surface area contributed by atoms with Gasteiger partial charge in [0, 0.05) is 6.07 Å². The number of aromatic hydroxyl groups is 1. The molecule has 20 heavy (non-hydrogen) atoms. The number of carboxylic acid groups (broad SMARTS) is 1. The number of aliphatic carboxylic acids is 1. The molecule has 0 bridgehead atoms. The maximum absolute atomic E-state index is 11.5. The molecule has 2 N–H and O–H groups in total. The molecule has 104 valence electrons. The normalized spacial score (nSPS) is 17.8. The van der Waals surface area contributed by atoms with Crippen LogP contribution in [0.1, 0.15) is 35.7 Å². The van der Waals surface area contributed by atoms with E-state index in [9.17, 15) is 15.0 Å². The van der Waals surface area contributed by atoms with E-state index in [0.717, 1.165) is 29.8 Å². The summed E-state index contributed by atoms with van der Waals surface area (Å²) >= 11 is 0. The Kier molecular flexibility index (Phi) is 2.97. The van der Waals surface area contributed by atoms with Crippen molar-refractivity contribution in [2.45, 2.75) is 32.1 Å². The van der Waals surface area contributed by atoms with Crippen molar-refractivity contribution in [3.05, 3.63) is 41.2 Å². The van der Waals surface area contributed by atoms with Crippen molar-refractivity contribution < 1.29 is 15.0 Å². The summed E-state index contributed by atoms with van der Waals surface area (Å²) in [7, 11) is 0. The van der Waals surface area contributed by atoms with Crippen molar-refractivity contribution >= 4 is 5.97 Å². The Morgan fingerprint density at radius 2 is 2.25 bits per heavy atom. The Labute approximate surface area is 116 Å². The first-order valence-corrected chi connectivity index (χ1v) is 6.68. The number of carbonyl (C=O) groups is 1. The molecule has 1 unspecified atom stereocenters. The fourth-order valence-electron chi connectivity index (χ4n) is 2.93. The number of phenols is 1. The van der Waals surface area contributed by atoms with Crippen molar-refractivity contribution in [1.29, 1.82) is 0 Å². The summed E-state index contributed by atoms with van der Waals surface area (Å²) in [4.78, 5) is 11.5. The summed E-state index contributed by atoms with van der Waals surface area (Å²) in [5.41, 5.74) is 3.36. The lowest BCUT2D eigenvalue weighted by Gasteiger charge is -2.21. The molecule has 5 heteroatoms. The van der Waals surface area contributed by atoms with E-state index in [-0.39, 0.29) is 5.75 Å². The number of phenolic OH excluding ortho intramolecular Hbond substituents is 1. The van der Waals surface area contributed by atoms with Gasteiger partial charge in [-0.3, -0.25) is 4.79 Å². The van der Waals surface area contributed by atoms with Gasteiger partial charge in [0.25, 0.3) is 0 Å². The Balaban J connectivity index is 2.20. The first-order valence-electron chi connectivity index (χ1n) is 6.68. The fourth-order valence-corrected chi connectivity index (χ4v) is 2.93. The molecule has 0 fully saturated rings. The molecule has 0 amide bonds. The highest BCUT2D eigenvalue weighted by molar-refractivity contribution is 5.77. The zero-order valence-electron chi connectivity index (χ0n) is 11.2. The van der Waals surface area contributed by atoms with E-state index in [4.69, 9.17) is 0 Å². The SMILES string of the molecule is Cc1nn(-c2cccc(O)c2)c2c1CCCC2C(=O)O. The molecular formula is C15H16N2O3. The van der Waals surface area contributed by atoms with Crippen molar-refractivity contribution in [2.24, 2.45) is 0 Å². The molecular weight excluding hydrogens is 256 g/mol. The van der Waals surface area contributed by atoms with Crippen LogP contribution in [-0.2, 0) is 11.2 Å². The highest BCUT2D eigenvalue weighted by Crippen LogP contribution is 2.35. The van der Waals surface area contributed by atoms with Crippen LogP contribution in [0, 0.1) is 6.92 Å². The van der Waals surface area contributed by atoms with Crippen molar-refractivity contribution in [3.63, 3.8) is 0 Å². The lowest BCUT2D eigenvalue weighted by Crippen LogP contribution is -2.21. The molecule has 1 heterocycles. The van der Waals surface area contributed by atoms with Gasteiger partial charge in [-0.05, 0) is 43.9 Å². The molecule has 2 aromatic rings. The molecule has 0 spiro atoms. The van der Waals surface area contributed by atoms with E-state index in [1.807, 2.05) is 13.0 Å². The second-order valence-corrected chi connectivity index (χ2v) is 5.16. The first-order chi connectivity index (χ1) is 9.58. The summed E-state index contributed by atoms with van der Waals surface area (Å²) < 4.78 is 1.67. The monoisotopic (exact) mass is 272 g/mol. The molecule has 1 aromatic heterocycles. The number of carboxylic acids is 1. The molecule has 0 saturated heterocycles. The first kappa shape index (κ1) is 12.7. The van der Waals surface area contributed by atoms with Crippen LogP contribution in [0.25, 0.3) is 5.69 Å². The second-order valence-electron chi connectivity index (χ2n) is 5.16. The predicted octanol–water partition coefficient (Wildman–Crippen LogP) is 2.39. The van der Waals surface area contributed by atoms with E-state index in [0.29, 0.717) is 12.1 Å². The number of fused-ring (bicyclic) bond motifs is 1. The van der Waals surface area contributed by atoms with Crippen LogP contribution < -0.4 is 0 Å². The van der Waals surface area contributed by atoms with Crippen LogP contribution in [-0.4, -0.2) is 26.0 Å². The number of benzene rings is 1. The number of hydrogen-bond donors (Lipinski definition) is 2. The minimum absolute atomic E-state index is 0.145. The van der Waals surface area contributed by atoms with Gasteiger partial charge in [0.1, 0.15) is 5.75 Å². The third kappa shape index (κ3) is 1.95. The number of nitrogens with zero attached hydrogens (tertiary/aromatic N) is 2. The van der Waals surface area contributed by atoms with Crippen LogP contribution in [0.5, 0.6) is 5.75 Å². The average Bonchev–Trinajstić information content (AvgIpc) is 2.76. The Morgan fingerprint density at radius 3 is 2.95 bits per heavy atom. The van der Waals surface area contributed by atoms with E-state index in [1.165, 1.54) is 0 Å². The molecule has 1 aromatic carbocycles. The minimum atomic E-state index is -0.813. The maximum Gasteiger partial charge on any atom is 0.312 e. The quantitative estimate of drug-likeness (QED) is 0.880. The molecule has 0 radical (unpaired) electrons. The second kappa shape index (κ2) is 4.67. The Bertz CT molecular complexity index is 676. The van der Waals surface area contributed by atoms with Gasteiger partial charge in [-0.1, -0.05) is 6.07 Å². The highest BCUT2D eigenvalue weighted by Gasteiger charge is 2.32. The summed E-state index contributed by atoms with van der Waals surface area (Å²) in [6, 6.07) is 6.73. The zero-order valence-corrected chi connectivity index (χ0v) is 11.2. The summed E-state index contributed by atoms with van der Waals surface area (Å²) in [5.74, 6) is -1.19.